The highest BCUT2D eigenvalue weighted by molar-refractivity contribution is 5.70. The van der Waals surface area contributed by atoms with Gasteiger partial charge in [0, 0.05) is 24.1 Å². The highest BCUT2D eigenvalue weighted by Crippen LogP contribution is 2.42. The van der Waals surface area contributed by atoms with E-state index in [1.54, 1.807) is 12.1 Å². The summed E-state index contributed by atoms with van der Waals surface area (Å²) in [4.78, 5) is 11.3. The van der Waals surface area contributed by atoms with Crippen molar-refractivity contribution in [2.45, 2.75) is 47.1 Å². The molecule has 2 unspecified atom stereocenters. The summed E-state index contributed by atoms with van der Waals surface area (Å²) in [6.45, 7) is 9.15. The second-order valence-corrected chi connectivity index (χ2v) is 7.39. The van der Waals surface area contributed by atoms with E-state index in [0.717, 1.165) is 33.6 Å². The Morgan fingerprint density at radius 3 is 2.55 bits per heavy atom. The molecule has 1 aliphatic rings. The van der Waals surface area contributed by atoms with Crippen LogP contribution in [-0.2, 0) is 11.2 Å². The molecule has 1 heterocycles. The molecule has 152 valence electrons. The first-order chi connectivity index (χ1) is 13.7. The molecule has 2 aromatic rings. The lowest BCUT2D eigenvalue weighted by atomic mass is 9.86. The standard InChI is InChI=1S/C24H26O5/c1-13-14(2)24-20(15(3)23(13)26)12-19(16(4)28-24)9-7-18-8-10-21(27-6)22(11-18)29-17(5)25/h8,10-11,16,19,26H,12H2,1-6H3. The number of hydrogen-bond acceptors (Lipinski definition) is 5. The molecule has 0 saturated carbocycles. The Bertz CT molecular complexity index is 1030. The molecule has 0 amide bonds. The fraction of sp³-hybridized carbons (Fsp3) is 0.375. The summed E-state index contributed by atoms with van der Waals surface area (Å²) < 4.78 is 16.6. The number of fused-ring (bicyclic) bond motifs is 1. The first-order valence-corrected chi connectivity index (χ1v) is 9.59. The Balaban J connectivity index is 1.92. The van der Waals surface area contributed by atoms with Crippen LogP contribution >= 0.6 is 0 Å². The van der Waals surface area contributed by atoms with Gasteiger partial charge in [-0.15, -0.1) is 0 Å². The number of ether oxygens (including phenoxy) is 3. The second-order valence-electron chi connectivity index (χ2n) is 7.39. The van der Waals surface area contributed by atoms with Crippen LogP contribution in [0.1, 0.15) is 41.7 Å². The quantitative estimate of drug-likeness (QED) is 0.469. The van der Waals surface area contributed by atoms with Crippen molar-refractivity contribution < 1.29 is 24.1 Å². The van der Waals surface area contributed by atoms with Crippen molar-refractivity contribution in [1.29, 1.82) is 0 Å². The van der Waals surface area contributed by atoms with E-state index in [9.17, 15) is 9.90 Å². The number of hydrogen-bond donors (Lipinski definition) is 1. The molecule has 0 saturated heterocycles. The third-order valence-corrected chi connectivity index (χ3v) is 5.45. The summed E-state index contributed by atoms with van der Waals surface area (Å²) in [5.74, 6) is 8.02. The van der Waals surface area contributed by atoms with Crippen LogP contribution in [0.25, 0.3) is 0 Å². The average molecular weight is 394 g/mol. The minimum absolute atomic E-state index is 0.0259. The lowest BCUT2D eigenvalue weighted by molar-refractivity contribution is -0.132. The maximum atomic E-state index is 11.3. The smallest absolute Gasteiger partial charge is 0.308 e. The van der Waals surface area contributed by atoms with Crippen molar-refractivity contribution in [1.82, 2.24) is 0 Å². The number of benzene rings is 2. The van der Waals surface area contributed by atoms with Crippen molar-refractivity contribution in [2.75, 3.05) is 7.11 Å². The third kappa shape index (κ3) is 4.02. The van der Waals surface area contributed by atoms with Gasteiger partial charge in [-0.1, -0.05) is 11.8 Å². The number of carbonyl (C=O) groups excluding carboxylic acids is 1. The highest BCUT2D eigenvalue weighted by atomic mass is 16.6. The second kappa shape index (κ2) is 8.08. The van der Waals surface area contributed by atoms with E-state index in [4.69, 9.17) is 14.2 Å². The molecular formula is C24H26O5. The van der Waals surface area contributed by atoms with E-state index in [1.165, 1.54) is 14.0 Å². The minimum Gasteiger partial charge on any atom is -0.507 e. The van der Waals surface area contributed by atoms with E-state index < -0.39 is 5.97 Å². The monoisotopic (exact) mass is 394 g/mol. The third-order valence-electron chi connectivity index (χ3n) is 5.45. The van der Waals surface area contributed by atoms with Gasteiger partial charge < -0.3 is 19.3 Å². The molecule has 1 aliphatic heterocycles. The zero-order chi connectivity index (χ0) is 21.3. The van der Waals surface area contributed by atoms with Gasteiger partial charge in [0.15, 0.2) is 11.5 Å². The lowest BCUT2D eigenvalue weighted by Crippen LogP contribution is -2.30. The molecule has 0 spiro atoms. The van der Waals surface area contributed by atoms with Crippen molar-refractivity contribution in [2.24, 2.45) is 5.92 Å². The fourth-order valence-electron chi connectivity index (χ4n) is 3.56. The molecule has 2 aromatic carbocycles. The van der Waals surface area contributed by atoms with Crippen molar-refractivity contribution in [3.8, 4) is 34.8 Å². The molecule has 0 aliphatic carbocycles. The molecule has 0 fully saturated rings. The summed E-state index contributed by atoms with van der Waals surface area (Å²) in [5.41, 5.74) is 4.41. The van der Waals surface area contributed by atoms with E-state index in [2.05, 4.69) is 11.8 Å². The van der Waals surface area contributed by atoms with Gasteiger partial charge in [0.25, 0.3) is 0 Å². The molecule has 5 nitrogen and oxygen atoms in total. The Morgan fingerprint density at radius 1 is 1.17 bits per heavy atom. The van der Waals surface area contributed by atoms with E-state index in [1.807, 2.05) is 33.8 Å². The maximum absolute atomic E-state index is 11.3. The van der Waals surface area contributed by atoms with Gasteiger partial charge in [0.05, 0.1) is 13.0 Å². The molecule has 1 N–H and O–H groups in total. The number of aromatic hydroxyl groups is 1. The van der Waals surface area contributed by atoms with Gasteiger partial charge in [-0.05, 0) is 62.9 Å². The highest BCUT2D eigenvalue weighted by Gasteiger charge is 2.30. The van der Waals surface area contributed by atoms with Crippen LogP contribution in [0.4, 0.5) is 0 Å². The maximum Gasteiger partial charge on any atom is 0.308 e. The molecule has 3 rings (SSSR count). The summed E-state index contributed by atoms with van der Waals surface area (Å²) in [7, 11) is 1.52. The number of rotatable bonds is 2. The summed E-state index contributed by atoms with van der Waals surface area (Å²) >= 11 is 0. The Kier molecular flexibility index (Phi) is 5.74. The zero-order valence-corrected chi connectivity index (χ0v) is 17.7. The van der Waals surface area contributed by atoms with Crippen LogP contribution in [0.5, 0.6) is 23.0 Å². The number of carbonyl (C=O) groups is 1. The molecule has 0 radical (unpaired) electrons. The van der Waals surface area contributed by atoms with Gasteiger partial charge in [-0.3, -0.25) is 4.79 Å². The lowest BCUT2D eigenvalue weighted by Gasteiger charge is -2.32. The normalized spacial score (nSPS) is 17.4. The van der Waals surface area contributed by atoms with Crippen LogP contribution in [0.15, 0.2) is 18.2 Å². The van der Waals surface area contributed by atoms with Crippen molar-refractivity contribution >= 4 is 5.97 Å². The molecule has 29 heavy (non-hydrogen) atoms. The number of phenolic OH excluding ortho intramolecular Hbond substituents is 1. The van der Waals surface area contributed by atoms with Gasteiger partial charge in [-0.2, -0.15) is 0 Å². The van der Waals surface area contributed by atoms with Crippen molar-refractivity contribution in [3.05, 3.63) is 46.0 Å². The minimum atomic E-state index is -0.416. The number of phenols is 1. The Hall–Kier alpha value is -3.13. The van der Waals surface area contributed by atoms with Crippen LogP contribution in [0.2, 0.25) is 0 Å². The van der Waals surface area contributed by atoms with E-state index in [0.29, 0.717) is 23.7 Å². The molecule has 5 heteroatoms. The van der Waals surface area contributed by atoms with Crippen molar-refractivity contribution in [3.63, 3.8) is 0 Å². The predicted octanol–water partition coefficient (Wildman–Crippen LogP) is 4.24. The molecule has 0 bridgehead atoms. The van der Waals surface area contributed by atoms with Crippen LogP contribution < -0.4 is 14.2 Å². The van der Waals surface area contributed by atoms with E-state index >= 15 is 0 Å². The van der Waals surface area contributed by atoms with Gasteiger partial charge in [0.1, 0.15) is 17.6 Å². The topological polar surface area (TPSA) is 65.0 Å². The molecular weight excluding hydrogens is 368 g/mol. The summed E-state index contributed by atoms with van der Waals surface area (Å²) in [6.07, 6.45) is 0.625. The van der Waals surface area contributed by atoms with Crippen LogP contribution in [0, 0.1) is 38.5 Å². The fourth-order valence-corrected chi connectivity index (χ4v) is 3.56. The first-order valence-electron chi connectivity index (χ1n) is 9.59. The number of methoxy groups -OCH3 is 1. The SMILES string of the molecule is COc1ccc(C#CC2Cc3c(C)c(O)c(C)c(C)c3OC2C)cc1OC(C)=O. The summed E-state index contributed by atoms with van der Waals surface area (Å²) in [6, 6.07) is 5.25. The number of esters is 1. The van der Waals surface area contributed by atoms with Gasteiger partial charge in [-0.25, -0.2) is 0 Å². The van der Waals surface area contributed by atoms with Crippen LogP contribution in [-0.4, -0.2) is 24.3 Å². The molecule has 2 atom stereocenters. The average Bonchev–Trinajstić information content (AvgIpc) is 2.69. The Morgan fingerprint density at radius 2 is 1.90 bits per heavy atom. The van der Waals surface area contributed by atoms with Gasteiger partial charge >= 0.3 is 5.97 Å². The first kappa shape index (κ1) is 20.6. The van der Waals surface area contributed by atoms with Crippen LogP contribution in [0.3, 0.4) is 0 Å². The van der Waals surface area contributed by atoms with Gasteiger partial charge in [0.2, 0.25) is 0 Å². The van der Waals surface area contributed by atoms with E-state index in [-0.39, 0.29) is 12.0 Å². The largest absolute Gasteiger partial charge is 0.507 e. The Labute approximate surface area is 171 Å². The molecule has 0 aromatic heterocycles. The predicted molar refractivity (Wildman–Crippen MR) is 111 cm³/mol. The zero-order valence-electron chi connectivity index (χ0n) is 17.7. The summed E-state index contributed by atoms with van der Waals surface area (Å²) in [5, 5.41) is 10.4.